The fraction of sp³-hybridized carbons (Fsp3) is 0.700. The van der Waals surface area contributed by atoms with E-state index in [4.69, 9.17) is 5.11 Å². The molecule has 0 aromatic carbocycles. The monoisotopic (exact) mass is 390 g/mol. The van der Waals surface area contributed by atoms with Crippen molar-refractivity contribution in [3.8, 4) is 0 Å². The van der Waals surface area contributed by atoms with E-state index >= 15 is 0 Å². The molecule has 1 unspecified atom stereocenters. The molecule has 2 saturated heterocycles. The van der Waals surface area contributed by atoms with Crippen molar-refractivity contribution in [3.63, 3.8) is 0 Å². The highest BCUT2D eigenvalue weighted by molar-refractivity contribution is 5.88. The number of aromatic carboxylic acids is 1. The van der Waals surface area contributed by atoms with Crippen molar-refractivity contribution in [2.75, 3.05) is 19.6 Å². The summed E-state index contributed by atoms with van der Waals surface area (Å²) < 4.78 is 1.69. The van der Waals surface area contributed by atoms with Crippen LogP contribution in [0.2, 0.25) is 0 Å². The molecule has 2 fully saturated rings. The minimum absolute atomic E-state index is 0.0462. The predicted molar refractivity (Wildman–Crippen MR) is 103 cm³/mol. The number of amides is 2. The fourth-order valence-electron chi connectivity index (χ4n) is 4.09. The molecule has 1 N–H and O–H groups in total. The van der Waals surface area contributed by atoms with Crippen LogP contribution in [0.3, 0.4) is 0 Å². The average Bonchev–Trinajstić information content (AvgIpc) is 3.29. The quantitative estimate of drug-likeness (QED) is 0.850. The van der Waals surface area contributed by atoms with E-state index in [-0.39, 0.29) is 34.9 Å². The van der Waals surface area contributed by atoms with E-state index < -0.39 is 5.97 Å². The number of carbonyl (C=O) groups is 3. The third-order valence-electron chi connectivity index (χ3n) is 5.54. The number of rotatable bonds is 4. The number of aromatic nitrogens is 2. The molecule has 8 heteroatoms. The number of carbonyl (C=O) groups excluding carboxylic acids is 2. The summed E-state index contributed by atoms with van der Waals surface area (Å²) in [5.41, 5.74) is 0.0851. The zero-order valence-electron chi connectivity index (χ0n) is 16.9. The first-order valence-corrected chi connectivity index (χ1v) is 10.0. The lowest BCUT2D eigenvalue weighted by atomic mass is 9.91. The largest absolute Gasteiger partial charge is 0.478 e. The van der Waals surface area contributed by atoms with Gasteiger partial charge in [-0.15, -0.1) is 0 Å². The van der Waals surface area contributed by atoms with Crippen molar-refractivity contribution >= 4 is 17.8 Å². The average molecular weight is 390 g/mol. The molecule has 0 bridgehead atoms. The summed E-state index contributed by atoms with van der Waals surface area (Å²) in [6.07, 6.45) is 6.42. The molecular weight excluding hydrogens is 360 g/mol. The van der Waals surface area contributed by atoms with Crippen LogP contribution < -0.4 is 0 Å². The van der Waals surface area contributed by atoms with Crippen molar-refractivity contribution in [3.05, 3.63) is 18.0 Å². The molecule has 0 radical (unpaired) electrons. The van der Waals surface area contributed by atoms with Gasteiger partial charge in [-0.3, -0.25) is 14.3 Å². The summed E-state index contributed by atoms with van der Waals surface area (Å²) in [7, 11) is 0. The number of carboxylic acid groups (broad SMARTS) is 1. The SMILES string of the molecule is CC(C)(C)CC(=O)N1CCCC1C(=O)N1CCC(n2cc(C(=O)O)cn2)CC1. The van der Waals surface area contributed by atoms with Crippen molar-refractivity contribution in [2.45, 2.75) is 65.0 Å². The molecule has 3 rings (SSSR count). The Morgan fingerprint density at radius 3 is 2.39 bits per heavy atom. The molecule has 0 saturated carbocycles. The second kappa shape index (κ2) is 7.93. The van der Waals surface area contributed by atoms with E-state index in [0.717, 1.165) is 25.7 Å². The minimum Gasteiger partial charge on any atom is -0.478 e. The van der Waals surface area contributed by atoms with Gasteiger partial charge in [0.25, 0.3) is 0 Å². The van der Waals surface area contributed by atoms with Crippen molar-refractivity contribution < 1.29 is 19.5 Å². The van der Waals surface area contributed by atoms with Crippen molar-refractivity contribution in [1.82, 2.24) is 19.6 Å². The van der Waals surface area contributed by atoms with E-state index in [2.05, 4.69) is 5.10 Å². The standard InChI is InChI=1S/C20H30N4O4/c1-20(2,3)11-17(25)23-8-4-5-16(23)18(26)22-9-6-15(7-10-22)24-13-14(12-21-24)19(27)28/h12-13,15-16H,4-11H2,1-3H3,(H,27,28). The lowest BCUT2D eigenvalue weighted by Crippen LogP contribution is -2.50. The first-order valence-electron chi connectivity index (χ1n) is 10.0. The zero-order valence-corrected chi connectivity index (χ0v) is 16.9. The van der Waals surface area contributed by atoms with Gasteiger partial charge in [0.05, 0.1) is 17.8 Å². The third-order valence-corrected chi connectivity index (χ3v) is 5.54. The van der Waals surface area contributed by atoms with E-state index in [1.165, 1.54) is 6.20 Å². The zero-order chi connectivity index (χ0) is 20.5. The Kier molecular flexibility index (Phi) is 5.76. The number of likely N-dealkylation sites (tertiary alicyclic amines) is 2. The van der Waals surface area contributed by atoms with Gasteiger partial charge in [0.15, 0.2) is 0 Å². The molecule has 1 aromatic rings. The van der Waals surface area contributed by atoms with Crippen LogP contribution in [0.5, 0.6) is 0 Å². The molecule has 1 atom stereocenters. The molecule has 2 amide bonds. The molecule has 1 aromatic heterocycles. The van der Waals surface area contributed by atoms with E-state index in [0.29, 0.717) is 26.1 Å². The van der Waals surface area contributed by atoms with Crippen LogP contribution in [0.1, 0.15) is 69.3 Å². The molecule has 28 heavy (non-hydrogen) atoms. The topological polar surface area (TPSA) is 95.7 Å². The van der Waals surface area contributed by atoms with Gasteiger partial charge >= 0.3 is 5.97 Å². The first-order chi connectivity index (χ1) is 13.2. The Labute approximate surface area is 165 Å². The van der Waals surface area contributed by atoms with Crippen LogP contribution in [0, 0.1) is 5.41 Å². The molecule has 0 spiro atoms. The number of carboxylic acids is 1. The van der Waals surface area contributed by atoms with Gasteiger partial charge < -0.3 is 14.9 Å². The molecular formula is C20H30N4O4. The third kappa shape index (κ3) is 4.54. The maximum absolute atomic E-state index is 13.0. The van der Waals surface area contributed by atoms with E-state index in [1.54, 1.807) is 15.8 Å². The second-order valence-corrected chi connectivity index (χ2v) is 9.05. The van der Waals surface area contributed by atoms with Crippen LogP contribution in [-0.2, 0) is 9.59 Å². The number of hydrogen-bond acceptors (Lipinski definition) is 4. The number of nitrogens with zero attached hydrogens (tertiary/aromatic N) is 4. The summed E-state index contributed by atoms with van der Waals surface area (Å²) in [6.45, 7) is 7.97. The summed E-state index contributed by atoms with van der Waals surface area (Å²) in [6, 6.07) is -0.242. The lowest BCUT2D eigenvalue weighted by molar-refractivity contribution is -0.145. The molecule has 2 aliphatic heterocycles. The summed E-state index contributed by atoms with van der Waals surface area (Å²) >= 11 is 0. The van der Waals surface area contributed by atoms with Crippen molar-refractivity contribution in [2.24, 2.45) is 5.41 Å². The van der Waals surface area contributed by atoms with Gasteiger partial charge in [-0.05, 0) is 31.1 Å². The van der Waals surface area contributed by atoms with Crippen LogP contribution in [0.15, 0.2) is 12.4 Å². The normalized spacial score (nSPS) is 21.2. The highest BCUT2D eigenvalue weighted by atomic mass is 16.4. The van der Waals surface area contributed by atoms with Gasteiger partial charge in [-0.1, -0.05) is 20.8 Å². The van der Waals surface area contributed by atoms with Gasteiger partial charge in [0.2, 0.25) is 11.8 Å². The van der Waals surface area contributed by atoms with Crippen LogP contribution in [0.25, 0.3) is 0 Å². The molecule has 8 nitrogen and oxygen atoms in total. The van der Waals surface area contributed by atoms with Gasteiger partial charge in [-0.25, -0.2) is 4.79 Å². The molecule has 0 aliphatic carbocycles. The molecule has 2 aliphatic rings. The lowest BCUT2D eigenvalue weighted by Gasteiger charge is -2.36. The van der Waals surface area contributed by atoms with Crippen molar-refractivity contribution in [1.29, 1.82) is 0 Å². The second-order valence-electron chi connectivity index (χ2n) is 9.05. The van der Waals surface area contributed by atoms with Gasteiger partial charge in [-0.2, -0.15) is 5.10 Å². The first kappa shape index (κ1) is 20.4. The van der Waals surface area contributed by atoms with E-state index in [9.17, 15) is 14.4 Å². The number of hydrogen-bond donors (Lipinski definition) is 1. The van der Waals surface area contributed by atoms with Crippen LogP contribution in [0.4, 0.5) is 0 Å². The van der Waals surface area contributed by atoms with Crippen LogP contribution >= 0.6 is 0 Å². The van der Waals surface area contributed by atoms with Gasteiger partial charge in [0.1, 0.15) is 6.04 Å². The Bertz CT molecular complexity index is 744. The predicted octanol–water partition coefficient (Wildman–Crippen LogP) is 2.17. The Morgan fingerprint density at radius 2 is 1.82 bits per heavy atom. The Morgan fingerprint density at radius 1 is 1.14 bits per heavy atom. The van der Waals surface area contributed by atoms with Gasteiger partial charge in [0, 0.05) is 32.3 Å². The Balaban J connectivity index is 1.58. The number of piperidine rings is 1. The summed E-state index contributed by atoms with van der Waals surface area (Å²) in [5.74, 6) is -0.874. The summed E-state index contributed by atoms with van der Waals surface area (Å²) in [5, 5.41) is 13.2. The Hall–Kier alpha value is -2.38. The molecule has 3 heterocycles. The van der Waals surface area contributed by atoms with Crippen LogP contribution in [-0.4, -0.2) is 68.1 Å². The summed E-state index contributed by atoms with van der Waals surface area (Å²) in [4.78, 5) is 40.3. The molecule has 154 valence electrons. The highest BCUT2D eigenvalue weighted by Gasteiger charge is 2.38. The maximum atomic E-state index is 13.0. The highest BCUT2D eigenvalue weighted by Crippen LogP contribution is 2.28. The smallest absolute Gasteiger partial charge is 0.338 e. The maximum Gasteiger partial charge on any atom is 0.338 e. The van der Waals surface area contributed by atoms with E-state index in [1.807, 2.05) is 25.7 Å². The minimum atomic E-state index is -0.986. The fourth-order valence-corrected chi connectivity index (χ4v) is 4.09.